The number of hydrogen-bond acceptors (Lipinski definition) is 7. The van der Waals surface area contributed by atoms with Gasteiger partial charge in [-0.1, -0.05) is 243 Å². The first kappa shape index (κ1) is 57.7. The molecule has 10 heteroatoms. The average Bonchev–Trinajstić information content (AvgIpc) is 1.56. The Bertz CT molecular complexity index is 6090. The van der Waals surface area contributed by atoms with Crippen molar-refractivity contribution in [2.24, 2.45) is 0 Å². The van der Waals surface area contributed by atoms with Crippen LogP contribution < -0.4 is 26.2 Å². The summed E-state index contributed by atoms with van der Waals surface area (Å²) in [4.78, 5) is 32.0. The van der Waals surface area contributed by atoms with E-state index in [4.69, 9.17) is 24.9 Å². The molecule has 0 radical (unpaired) electrons. The van der Waals surface area contributed by atoms with Crippen molar-refractivity contribution in [3.63, 3.8) is 0 Å². The zero-order valence-electron chi connectivity index (χ0n) is 54.6. The summed E-state index contributed by atoms with van der Waals surface area (Å²) in [6, 6.07) is 126. The molecule has 14 aromatic carbocycles. The predicted octanol–water partition coefficient (Wildman–Crippen LogP) is 20.6. The fourth-order valence-electron chi connectivity index (χ4n) is 15.6. The second-order valence-corrected chi connectivity index (χ2v) is 25.9. The van der Waals surface area contributed by atoms with Crippen molar-refractivity contribution in [1.82, 2.24) is 34.1 Å². The van der Waals surface area contributed by atoms with Crippen molar-refractivity contribution in [3.05, 3.63) is 352 Å². The number of aromatic nitrogens is 7. The molecular formula is C91H58BN9. The highest BCUT2D eigenvalue weighted by molar-refractivity contribution is 7.00. The van der Waals surface area contributed by atoms with Crippen LogP contribution in [0.3, 0.4) is 0 Å². The Hall–Kier alpha value is -13.6. The van der Waals surface area contributed by atoms with Crippen LogP contribution in [0, 0.1) is 0 Å². The molecule has 0 N–H and O–H groups in total. The maximum atomic E-state index is 5.77. The number of para-hydroxylation sites is 7. The zero-order valence-corrected chi connectivity index (χ0v) is 54.6. The van der Waals surface area contributed by atoms with Gasteiger partial charge in [-0.05, 0) is 137 Å². The monoisotopic (exact) mass is 1290 g/mol. The molecule has 0 amide bonds. The molecule has 6 heterocycles. The highest BCUT2D eigenvalue weighted by atomic mass is 15.2. The van der Waals surface area contributed by atoms with Crippen LogP contribution in [-0.2, 0) is 0 Å². The summed E-state index contributed by atoms with van der Waals surface area (Å²) in [5.74, 6) is 2.28. The lowest BCUT2D eigenvalue weighted by molar-refractivity contribution is 1.07. The van der Waals surface area contributed by atoms with E-state index in [0.717, 1.165) is 123 Å². The van der Waals surface area contributed by atoms with Crippen LogP contribution in [0.1, 0.15) is 0 Å². The third-order valence-electron chi connectivity index (χ3n) is 20.1. The van der Waals surface area contributed by atoms with E-state index in [0.29, 0.717) is 23.3 Å². The van der Waals surface area contributed by atoms with Crippen molar-refractivity contribution in [2.75, 3.05) is 9.80 Å². The van der Waals surface area contributed by atoms with Gasteiger partial charge in [0, 0.05) is 94.7 Å². The number of nitrogens with zero attached hydrogens (tertiary/aromatic N) is 9. The molecule has 0 aliphatic carbocycles. The van der Waals surface area contributed by atoms with Crippen LogP contribution in [0.5, 0.6) is 0 Å². The number of rotatable bonds is 11. The van der Waals surface area contributed by atoms with E-state index in [2.05, 4.69) is 310 Å². The normalized spacial score (nSPS) is 12.3. The summed E-state index contributed by atoms with van der Waals surface area (Å²) in [5, 5.41) is 4.66. The van der Waals surface area contributed by atoms with Gasteiger partial charge >= 0.3 is 0 Å². The first-order chi connectivity index (χ1) is 50.1. The third kappa shape index (κ3) is 9.59. The van der Waals surface area contributed by atoms with Gasteiger partial charge in [0.05, 0.1) is 39.1 Å². The summed E-state index contributed by atoms with van der Waals surface area (Å²) in [6.07, 6.45) is 0. The maximum Gasteiger partial charge on any atom is 0.252 e. The summed E-state index contributed by atoms with van der Waals surface area (Å²) in [7, 11) is 0. The number of anilines is 6. The molecule has 9 nitrogen and oxygen atoms in total. The second-order valence-electron chi connectivity index (χ2n) is 25.9. The minimum atomic E-state index is 0.00229. The fraction of sp³-hybridized carbons (Fsp3) is 0. The van der Waals surface area contributed by atoms with E-state index in [-0.39, 0.29) is 6.71 Å². The van der Waals surface area contributed by atoms with Gasteiger partial charge in [-0.15, -0.1) is 0 Å². The molecule has 4 aromatic heterocycles. The van der Waals surface area contributed by atoms with Gasteiger partial charge in [0.25, 0.3) is 6.71 Å². The molecule has 0 saturated carbocycles. The van der Waals surface area contributed by atoms with Gasteiger partial charge < -0.3 is 18.9 Å². The first-order valence-electron chi connectivity index (χ1n) is 34.3. The van der Waals surface area contributed by atoms with E-state index >= 15 is 0 Å². The Morgan fingerprint density at radius 3 is 1.18 bits per heavy atom. The van der Waals surface area contributed by atoms with Gasteiger partial charge in [-0.3, -0.25) is 0 Å². The van der Waals surface area contributed by atoms with Gasteiger partial charge in [0.15, 0.2) is 23.3 Å². The molecule has 18 aromatic rings. The van der Waals surface area contributed by atoms with Gasteiger partial charge in [0.1, 0.15) is 0 Å². The Kier molecular flexibility index (Phi) is 13.5. The summed E-state index contributed by atoms with van der Waals surface area (Å²) < 4.78 is 4.82. The number of hydrogen-bond donors (Lipinski definition) is 0. The number of fused-ring (bicyclic) bond motifs is 10. The predicted molar refractivity (Wildman–Crippen MR) is 416 cm³/mol. The molecular weight excluding hydrogens is 1230 g/mol. The Morgan fingerprint density at radius 1 is 0.218 bits per heavy atom. The zero-order chi connectivity index (χ0) is 66.5. The minimum Gasteiger partial charge on any atom is -0.311 e. The second kappa shape index (κ2) is 23.6. The van der Waals surface area contributed by atoms with E-state index in [9.17, 15) is 0 Å². The molecule has 0 saturated heterocycles. The van der Waals surface area contributed by atoms with Crippen molar-refractivity contribution < 1.29 is 0 Å². The standard InChI is InChI=1S/C91H58BN9/c1-7-27-60(28-8-1)76-57-77(94-88(93-76)63-49-47-59(48-50-63)65-54-85-87-86(55-65)100(68-37-17-6-18-38-68)82-46-26-22-42-75(82)92(87)74-41-21-25-45-81(74)99(85)67-35-15-5-16-36-67)73-53-64(91-96-89(61-29-9-2-10-30-61)95-90(97-91)62-31-11-3-12-32-62)51-52-80(73)101-79-44-24-20-40-70(79)72-56-71-69-39-19-23-43-78(69)98(83(71)58-84(72)101)66-33-13-4-14-34-66/h1-58H. The molecule has 0 fully saturated rings. The first-order valence-corrected chi connectivity index (χ1v) is 34.3. The van der Waals surface area contributed by atoms with E-state index < -0.39 is 0 Å². The maximum absolute atomic E-state index is 5.77. The molecule has 20 rings (SSSR count). The van der Waals surface area contributed by atoms with Crippen molar-refractivity contribution in [2.45, 2.75) is 0 Å². The molecule has 0 unspecified atom stereocenters. The van der Waals surface area contributed by atoms with Crippen molar-refractivity contribution in [1.29, 1.82) is 0 Å². The molecule has 470 valence electrons. The molecule has 2 aliphatic rings. The van der Waals surface area contributed by atoms with E-state index in [1.54, 1.807) is 0 Å². The van der Waals surface area contributed by atoms with Gasteiger partial charge in [-0.25, -0.2) is 24.9 Å². The molecule has 101 heavy (non-hydrogen) atoms. The average molecular weight is 1290 g/mol. The SMILES string of the molecule is c1ccc(-c2cc(-c3cc(-c4nc(-c5ccccc5)nc(-c5ccccc5)n4)ccc3-n3c4ccccc4c4cc5c6ccccc6n(-c6ccccc6)c5cc43)nc(-c3ccc(-c4cc5c6c(c4)N(c4ccccc4)c4ccccc4B6c4ccccc4N5c4ccccc4)cc3)n2)cc1. The van der Waals surface area contributed by atoms with Crippen LogP contribution in [-0.4, -0.2) is 40.8 Å². The van der Waals surface area contributed by atoms with E-state index in [1.165, 1.54) is 38.5 Å². The largest absolute Gasteiger partial charge is 0.311 e. The van der Waals surface area contributed by atoms with Crippen molar-refractivity contribution >= 4 is 101 Å². The Morgan fingerprint density at radius 2 is 0.624 bits per heavy atom. The fourth-order valence-corrected chi connectivity index (χ4v) is 15.6. The number of benzene rings is 14. The van der Waals surface area contributed by atoms with Crippen LogP contribution >= 0.6 is 0 Å². The van der Waals surface area contributed by atoms with Gasteiger partial charge in [0.2, 0.25) is 0 Å². The lowest BCUT2D eigenvalue weighted by Gasteiger charge is -2.44. The molecule has 2 aliphatic heterocycles. The minimum absolute atomic E-state index is 0.00229. The molecule has 0 spiro atoms. The lowest BCUT2D eigenvalue weighted by atomic mass is 9.33. The van der Waals surface area contributed by atoms with Crippen LogP contribution in [0.25, 0.3) is 134 Å². The van der Waals surface area contributed by atoms with E-state index in [1.807, 2.05) is 60.7 Å². The van der Waals surface area contributed by atoms with Crippen LogP contribution in [0.4, 0.5) is 34.1 Å². The quantitative estimate of drug-likeness (QED) is 0.119. The highest BCUT2D eigenvalue weighted by Gasteiger charge is 2.43. The van der Waals surface area contributed by atoms with Crippen LogP contribution in [0.2, 0.25) is 0 Å². The Balaban J connectivity index is 0.806. The summed E-state index contributed by atoms with van der Waals surface area (Å²) >= 11 is 0. The van der Waals surface area contributed by atoms with Gasteiger partial charge in [-0.2, -0.15) is 0 Å². The highest BCUT2D eigenvalue weighted by Crippen LogP contribution is 2.48. The smallest absolute Gasteiger partial charge is 0.252 e. The topological polar surface area (TPSA) is 80.8 Å². The molecule has 0 atom stereocenters. The molecule has 0 bridgehead atoms. The van der Waals surface area contributed by atoms with Crippen LogP contribution in [0.15, 0.2) is 352 Å². The summed E-state index contributed by atoms with van der Waals surface area (Å²) in [5.41, 5.74) is 26.0. The Labute approximate surface area is 583 Å². The lowest BCUT2D eigenvalue weighted by Crippen LogP contribution is -2.61. The third-order valence-corrected chi connectivity index (χ3v) is 20.1. The summed E-state index contributed by atoms with van der Waals surface area (Å²) in [6.45, 7) is 0.00229. The van der Waals surface area contributed by atoms with Crippen molar-refractivity contribution in [3.8, 4) is 90.6 Å².